The predicted octanol–water partition coefficient (Wildman–Crippen LogP) is 4.22. The lowest BCUT2D eigenvalue weighted by Gasteiger charge is -2.35. The lowest BCUT2D eigenvalue weighted by molar-refractivity contribution is -0.149. The van der Waals surface area contributed by atoms with Crippen molar-refractivity contribution in [1.82, 2.24) is 10.2 Å². The van der Waals surface area contributed by atoms with Crippen LogP contribution < -0.4 is 5.32 Å². The van der Waals surface area contributed by atoms with Crippen LogP contribution in [-0.2, 0) is 0 Å². The molecule has 0 spiro atoms. The van der Waals surface area contributed by atoms with Crippen molar-refractivity contribution >= 4 is 36.4 Å². The Morgan fingerprint density at radius 3 is 2.27 bits per heavy atom. The zero-order chi connectivity index (χ0) is 14.8. The highest BCUT2D eigenvalue weighted by Crippen LogP contribution is 2.35. The van der Waals surface area contributed by atoms with Gasteiger partial charge in [0.05, 0.1) is 6.42 Å². The van der Waals surface area contributed by atoms with E-state index in [1.807, 2.05) is 0 Å². The van der Waals surface area contributed by atoms with Gasteiger partial charge in [0, 0.05) is 42.8 Å². The summed E-state index contributed by atoms with van der Waals surface area (Å²) in [5, 5.41) is 3.25. The summed E-state index contributed by atoms with van der Waals surface area (Å²) in [5.41, 5.74) is 0.0497. The van der Waals surface area contributed by atoms with Gasteiger partial charge in [-0.2, -0.15) is 13.2 Å². The molecule has 0 amide bonds. The number of rotatable bonds is 3. The summed E-state index contributed by atoms with van der Waals surface area (Å²) < 4.78 is 52.2. The summed E-state index contributed by atoms with van der Waals surface area (Å²) >= 11 is 5.65. The number of nitrogens with zero attached hydrogens (tertiary/aromatic N) is 1. The molecule has 2 rings (SSSR count). The third-order valence-corrected chi connectivity index (χ3v) is 3.57. The molecule has 1 N–H and O–H groups in total. The minimum absolute atomic E-state index is 0. The van der Waals surface area contributed by atoms with Crippen LogP contribution in [0.1, 0.15) is 18.0 Å². The van der Waals surface area contributed by atoms with E-state index in [1.54, 1.807) is 4.90 Å². The minimum Gasteiger partial charge on any atom is -0.314 e. The second-order valence-electron chi connectivity index (χ2n) is 4.79. The Bertz CT molecular complexity index is 465. The minimum atomic E-state index is -4.35. The molecular weight excluding hydrogens is 367 g/mol. The first-order valence-corrected chi connectivity index (χ1v) is 6.71. The molecule has 1 atom stereocenters. The Balaban J connectivity index is 0.00000220. The van der Waals surface area contributed by atoms with Crippen LogP contribution in [0.15, 0.2) is 18.2 Å². The fraction of sp³-hybridized carbons (Fsp3) is 0.538. The maximum absolute atomic E-state index is 13.9. The second kappa shape index (κ2) is 9.13. The largest absolute Gasteiger partial charge is 0.390 e. The average Bonchev–Trinajstić information content (AvgIpc) is 2.36. The summed E-state index contributed by atoms with van der Waals surface area (Å²) in [6, 6.07) is 2.82. The molecule has 0 unspecified atom stereocenters. The molecule has 0 aliphatic carbocycles. The Labute approximate surface area is 144 Å². The maximum Gasteiger partial charge on any atom is 0.390 e. The normalized spacial score (nSPS) is 17.3. The van der Waals surface area contributed by atoms with Gasteiger partial charge in [-0.3, -0.25) is 4.90 Å². The van der Waals surface area contributed by atoms with E-state index < -0.39 is 24.5 Å². The number of piperazine rings is 1. The van der Waals surface area contributed by atoms with Crippen LogP contribution in [0.2, 0.25) is 5.02 Å². The number of halogens is 7. The van der Waals surface area contributed by atoms with Gasteiger partial charge < -0.3 is 5.32 Å². The molecule has 128 valence electrons. The Morgan fingerprint density at radius 1 is 1.18 bits per heavy atom. The monoisotopic (exact) mass is 382 g/mol. The number of hydrogen-bond donors (Lipinski definition) is 1. The Hall–Kier alpha value is -0.270. The van der Waals surface area contributed by atoms with Crippen LogP contribution in [0.3, 0.4) is 0 Å². The molecule has 9 heteroatoms. The number of benzene rings is 1. The molecule has 1 aliphatic heterocycles. The highest BCUT2D eigenvalue weighted by atomic mass is 35.5. The molecule has 0 saturated carbocycles. The van der Waals surface area contributed by atoms with Gasteiger partial charge in [0.1, 0.15) is 5.82 Å². The first kappa shape index (κ1) is 21.7. The molecule has 0 bridgehead atoms. The Kier molecular flexibility index (Phi) is 9.02. The highest BCUT2D eigenvalue weighted by Gasteiger charge is 2.37. The topological polar surface area (TPSA) is 15.3 Å². The van der Waals surface area contributed by atoms with Crippen molar-refractivity contribution in [2.45, 2.75) is 18.6 Å². The number of hydrogen-bond acceptors (Lipinski definition) is 2. The Morgan fingerprint density at radius 2 is 1.77 bits per heavy atom. The van der Waals surface area contributed by atoms with Crippen LogP contribution in [0.4, 0.5) is 17.6 Å². The van der Waals surface area contributed by atoms with Gasteiger partial charge in [0.25, 0.3) is 0 Å². The number of nitrogens with one attached hydrogen (secondary N) is 1. The van der Waals surface area contributed by atoms with Crippen molar-refractivity contribution < 1.29 is 17.6 Å². The van der Waals surface area contributed by atoms with Gasteiger partial charge in [-0.1, -0.05) is 17.7 Å². The molecule has 1 saturated heterocycles. The molecule has 0 aromatic heterocycles. The van der Waals surface area contributed by atoms with E-state index in [0.717, 1.165) is 6.07 Å². The fourth-order valence-electron chi connectivity index (χ4n) is 2.42. The van der Waals surface area contributed by atoms with E-state index in [-0.39, 0.29) is 35.4 Å². The van der Waals surface area contributed by atoms with Crippen LogP contribution in [-0.4, -0.2) is 37.3 Å². The molecule has 2 nitrogen and oxygen atoms in total. The van der Waals surface area contributed by atoms with Gasteiger partial charge in [-0.05, 0) is 12.1 Å². The highest BCUT2D eigenvalue weighted by molar-refractivity contribution is 6.30. The third kappa shape index (κ3) is 6.08. The van der Waals surface area contributed by atoms with E-state index in [9.17, 15) is 17.6 Å². The summed E-state index contributed by atoms with van der Waals surface area (Å²) in [7, 11) is 0. The molecule has 1 aromatic carbocycles. The zero-order valence-electron chi connectivity index (χ0n) is 11.5. The summed E-state index contributed by atoms with van der Waals surface area (Å²) in [4.78, 5) is 1.66. The quantitative estimate of drug-likeness (QED) is 0.786. The molecule has 1 aliphatic rings. The average molecular weight is 384 g/mol. The van der Waals surface area contributed by atoms with E-state index in [4.69, 9.17) is 11.6 Å². The van der Waals surface area contributed by atoms with Crippen LogP contribution in [0, 0.1) is 5.82 Å². The standard InChI is InChI=1S/C13H15ClF4N2.2ClH/c14-9-1-2-10(11(15)7-9)12(8-13(16,17)18)20-5-3-19-4-6-20;;/h1-2,7,12,19H,3-6,8H2;2*1H/t12-;;/m1../s1. The summed E-state index contributed by atoms with van der Waals surface area (Å²) in [5.74, 6) is -0.690. The van der Waals surface area contributed by atoms with Gasteiger partial charge in [0.15, 0.2) is 0 Å². The molecule has 0 radical (unpaired) electrons. The molecular formula is C13H17Cl3F4N2. The first-order chi connectivity index (χ1) is 9.37. The summed E-state index contributed by atoms with van der Waals surface area (Å²) in [6.07, 6.45) is -5.41. The van der Waals surface area contributed by atoms with Gasteiger partial charge >= 0.3 is 6.18 Å². The van der Waals surface area contributed by atoms with E-state index in [0.29, 0.717) is 26.2 Å². The number of alkyl halides is 3. The van der Waals surface area contributed by atoms with E-state index in [2.05, 4.69) is 5.32 Å². The van der Waals surface area contributed by atoms with Crippen molar-refractivity contribution in [3.63, 3.8) is 0 Å². The fourth-order valence-corrected chi connectivity index (χ4v) is 2.58. The lowest BCUT2D eigenvalue weighted by atomic mass is 10.00. The summed E-state index contributed by atoms with van der Waals surface area (Å²) in [6.45, 7) is 2.12. The van der Waals surface area contributed by atoms with Crippen LogP contribution >= 0.6 is 36.4 Å². The molecule has 1 fully saturated rings. The lowest BCUT2D eigenvalue weighted by Crippen LogP contribution is -2.46. The van der Waals surface area contributed by atoms with Crippen molar-refractivity contribution in [1.29, 1.82) is 0 Å². The van der Waals surface area contributed by atoms with Gasteiger partial charge in [-0.15, -0.1) is 24.8 Å². The predicted molar refractivity (Wildman–Crippen MR) is 83.8 cm³/mol. The van der Waals surface area contributed by atoms with Crippen LogP contribution in [0.25, 0.3) is 0 Å². The van der Waals surface area contributed by atoms with E-state index in [1.165, 1.54) is 12.1 Å². The SMILES string of the molecule is Cl.Cl.Fc1cc(Cl)ccc1[C@@H](CC(F)(F)F)N1CCNCC1. The third-order valence-electron chi connectivity index (χ3n) is 3.34. The van der Waals surface area contributed by atoms with Crippen molar-refractivity contribution in [2.75, 3.05) is 26.2 Å². The van der Waals surface area contributed by atoms with Crippen molar-refractivity contribution in [3.8, 4) is 0 Å². The van der Waals surface area contributed by atoms with Gasteiger partial charge in [0.2, 0.25) is 0 Å². The molecule has 1 aromatic rings. The first-order valence-electron chi connectivity index (χ1n) is 6.33. The second-order valence-corrected chi connectivity index (χ2v) is 5.22. The zero-order valence-corrected chi connectivity index (χ0v) is 13.9. The molecule has 22 heavy (non-hydrogen) atoms. The van der Waals surface area contributed by atoms with Gasteiger partial charge in [-0.25, -0.2) is 4.39 Å². The molecule has 1 heterocycles. The van der Waals surface area contributed by atoms with Crippen molar-refractivity contribution in [2.24, 2.45) is 0 Å². The van der Waals surface area contributed by atoms with E-state index >= 15 is 0 Å². The van der Waals surface area contributed by atoms with Crippen LogP contribution in [0.5, 0.6) is 0 Å². The smallest absolute Gasteiger partial charge is 0.314 e. The maximum atomic E-state index is 13.9. The van der Waals surface area contributed by atoms with Crippen molar-refractivity contribution in [3.05, 3.63) is 34.6 Å².